The molecule has 0 atom stereocenters. The van der Waals surface area contributed by atoms with Gasteiger partial charge in [-0.25, -0.2) is 9.69 Å². The Morgan fingerprint density at radius 2 is 1.61 bits per heavy atom. The highest BCUT2D eigenvalue weighted by molar-refractivity contribution is 6.20. The Bertz CT molecular complexity index is 555. The first-order valence-corrected chi connectivity index (χ1v) is 5.29. The molecule has 0 unspecified atom stereocenters. The quantitative estimate of drug-likeness (QED) is 0.871. The maximum absolute atomic E-state index is 12.2. The van der Waals surface area contributed by atoms with E-state index in [9.17, 15) is 9.59 Å². The predicted molar refractivity (Wildman–Crippen MR) is 67.1 cm³/mol. The van der Waals surface area contributed by atoms with Crippen LogP contribution in [0.2, 0.25) is 0 Å². The molecular formula is C13H11N3O2. The van der Waals surface area contributed by atoms with Crippen molar-refractivity contribution in [3.8, 4) is 0 Å². The number of pyridine rings is 1. The van der Waals surface area contributed by atoms with Crippen LogP contribution in [0.1, 0.15) is 10.4 Å². The molecule has 5 nitrogen and oxygen atoms in total. The van der Waals surface area contributed by atoms with Crippen LogP contribution >= 0.6 is 0 Å². The lowest BCUT2D eigenvalue weighted by Gasteiger charge is -2.18. The van der Waals surface area contributed by atoms with Crippen molar-refractivity contribution >= 4 is 17.6 Å². The summed E-state index contributed by atoms with van der Waals surface area (Å²) in [5.41, 5.74) is 6.04. The molecule has 0 saturated heterocycles. The number of amides is 3. The van der Waals surface area contributed by atoms with Gasteiger partial charge in [-0.15, -0.1) is 0 Å². The van der Waals surface area contributed by atoms with Crippen molar-refractivity contribution < 1.29 is 9.59 Å². The highest BCUT2D eigenvalue weighted by Gasteiger charge is 2.22. The van der Waals surface area contributed by atoms with Gasteiger partial charge in [-0.2, -0.15) is 0 Å². The Hall–Kier alpha value is -2.69. The van der Waals surface area contributed by atoms with Gasteiger partial charge in [-0.1, -0.05) is 18.2 Å². The molecule has 2 N–H and O–H groups in total. The van der Waals surface area contributed by atoms with Gasteiger partial charge in [0.1, 0.15) is 0 Å². The third kappa shape index (κ3) is 2.35. The van der Waals surface area contributed by atoms with Gasteiger partial charge in [0, 0.05) is 18.0 Å². The zero-order valence-corrected chi connectivity index (χ0v) is 9.48. The molecule has 0 saturated carbocycles. The Morgan fingerprint density at radius 1 is 1.00 bits per heavy atom. The number of hydrogen-bond donors (Lipinski definition) is 1. The van der Waals surface area contributed by atoms with E-state index in [1.54, 1.807) is 42.5 Å². The van der Waals surface area contributed by atoms with Crippen molar-refractivity contribution in [2.24, 2.45) is 5.73 Å². The van der Waals surface area contributed by atoms with Crippen molar-refractivity contribution in [1.82, 2.24) is 4.98 Å². The molecule has 1 heterocycles. The molecule has 2 aromatic rings. The summed E-state index contributed by atoms with van der Waals surface area (Å²) in [5, 5.41) is 0. The van der Waals surface area contributed by atoms with Crippen molar-refractivity contribution in [1.29, 1.82) is 0 Å². The second-order valence-corrected chi connectivity index (χ2v) is 3.55. The van der Waals surface area contributed by atoms with Crippen molar-refractivity contribution in [3.63, 3.8) is 0 Å². The molecular weight excluding hydrogens is 230 g/mol. The monoisotopic (exact) mass is 241 g/mol. The van der Waals surface area contributed by atoms with Gasteiger partial charge in [0.15, 0.2) is 0 Å². The van der Waals surface area contributed by atoms with Crippen LogP contribution in [0.3, 0.4) is 0 Å². The smallest absolute Gasteiger partial charge is 0.326 e. The molecule has 1 aromatic carbocycles. The average molecular weight is 241 g/mol. The highest BCUT2D eigenvalue weighted by Crippen LogP contribution is 2.15. The summed E-state index contributed by atoms with van der Waals surface area (Å²) < 4.78 is 0. The number of nitrogens with two attached hydrogens (primary N) is 1. The van der Waals surface area contributed by atoms with E-state index in [1.807, 2.05) is 0 Å². The predicted octanol–water partition coefficient (Wildman–Crippen LogP) is 1.81. The SMILES string of the molecule is NC(=O)N(C(=O)c1ccccc1)c1ccncc1. The van der Waals surface area contributed by atoms with E-state index >= 15 is 0 Å². The lowest BCUT2D eigenvalue weighted by molar-refractivity contribution is 0.0995. The van der Waals surface area contributed by atoms with E-state index in [-0.39, 0.29) is 0 Å². The Kier molecular flexibility index (Phi) is 3.33. The van der Waals surface area contributed by atoms with E-state index in [0.29, 0.717) is 11.3 Å². The second kappa shape index (κ2) is 5.09. The number of imide groups is 1. The molecule has 0 fully saturated rings. The topological polar surface area (TPSA) is 76.3 Å². The minimum absolute atomic E-state index is 0.395. The summed E-state index contributed by atoms with van der Waals surface area (Å²) in [6.45, 7) is 0. The fourth-order valence-corrected chi connectivity index (χ4v) is 1.55. The van der Waals surface area contributed by atoms with Crippen LogP contribution in [0.5, 0.6) is 0 Å². The largest absolute Gasteiger partial charge is 0.351 e. The van der Waals surface area contributed by atoms with Gasteiger partial charge in [-0.3, -0.25) is 9.78 Å². The van der Waals surface area contributed by atoms with Gasteiger partial charge in [-0.05, 0) is 24.3 Å². The number of carbonyl (C=O) groups excluding carboxylic acids is 2. The first kappa shape index (κ1) is 11.8. The molecule has 2 rings (SSSR count). The second-order valence-electron chi connectivity index (χ2n) is 3.55. The van der Waals surface area contributed by atoms with Crippen molar-refractivity contribution in [2.45, 2.75) is 0 Å². The lowest BCUT2D eigenvalue weighted by atomic mass is 10.2. The third-order valence-corrected chi connectivity index (χ3v) is 2.37. The summed E-state index contributed by atoms with van der Waals surface area (Å²) >= 11 is 0. The first-order chi connectivity index (χ1) is 8.70. The van der Waals surface area contributed by atoms with Gasteiger partial charge < -0.3 is 5.73 Å². The average Bonchev–Trinajstić information content (AvgIpc) is 2.40. The van der Waals surface area contributed by atoms with Crippen LogP contribution in [0, 0.1) is 0 Å². The molecule has 1 aromatic heterocycles. The fourth-order valence-electron chi connectivity index (χ4n) is 1.55. The molecule has 0 aliphatic carbocycles. The van der Waals surface area contributed by atoms with E-state index in [1.165, 1.54) is 12.4 Å². The number of rotatable bonds is 2. The van der Waals surface area contributed by atoms with E-state index in [0.717, 1.165) is 4.90 Å². The summed E-state index contributed by atoms with van der Waals surface area (Å²) in [5.74, 6) is -0.464. The number of urea groups is 1. The van der Waals surface area contributed by atoms with Crippen molar-refractivity contribution in [2.75, 3.05) is 4.90 Å². The van der Waals surface area contributed by atoms with Crippen LogP contribution in [0.15, 0.2) is 54.9 Å². The number of aromatic nitrogens is 1. The van der Waals surface area contributed by atoms with Crippen LogP contribution < -0.4 is 10.6 Å². The molecule has 0 aliphatic rings. The summed E-state index contributed by atoms with van der Waals surface area (Å²) in [6.07, 6.45) is 2.98. The minimum atomic E-state index is -0.824. The molecule has 90 valence electrons. The molecule has 5 heteroatoms. The van der Waals surface area contributed by atoms with E-state index in [2.05, 4.69) is 4.98 Å². The highest BCUT2D eigenvalue weighted by atomic mass is 16.2. The number of carbonyl (C=O) groups is 2. The molecule has 3 amide bonds. The normalized spacial score (nSPS) is 9.78. The number of hydrogen-bond acceptors (Lipinski definition) is 3. The summed E-state index contributed by atoms with van der Waals surface area (Å²) in [7, 11) is 0. The van der Waals surface area contributed by atoms with Crippen LogP contribution in [-0.4, -0.2) is 16.9 Å². The summed E-state index contributed by atoms with van der Waals surface area (Å²) in [4.78, 5) is 28.4. The summed E-state index contributed by atoms with van der Waals surface area (Å²) in [6, 6.07) is 10.8. The molecule has 0 bridgehead atoms. The van der Waals surface area contributed by atoms with E-state index in [4.69, 9.17) is 5.73 Å². The van der Waals surface area contributed by atoms with Crippen LogP contribution in [0.25, 0.3) is 0 Å². The molecule has 0 aliphatic heterocycles. The first-order valence-electron chi connectivity index (χ1n) is 5.29. The van der Waals surface area contributed by atoms with Gasteiger partial charge >= 0.3 is 6.03 Å². The zero-order valence-electron chi connectivity index (χ0n) is 9.48. The van der Waals surface area contributed by atoms with Gasteiger partial charge in [0.2, 0.25) is 0 Å². The number of anilines is 1. The number of benzene rings is 1. The van der Waals surface area contributed by atoms with Crippen molar-refractivity contribution in [3.05, 3.63) is 60.4 Å². The van der Waals surface area contributed by atoms with Crippen LogP contribution in [-0.2, 0) is 0 Å². The lowest BCUT2D eigenvalue weighted by Crippen LogP contribution is -2.40. The molecule has 0 spiro atoms. The molecule has 18 heavy (non-hydrogen) atoms. The Balaban J connectivity index is 2.39. The fraction of sp³-hybridized carbons (Fsp3) is 0. The van der Waals surface area contributed by atoms with Gasteiger partial charge in [0.05, 0.1) is 5.69 Å². The zero-order chi connectivity index (χ0) is 13.0. The maximum atomic E-state index is 12.2. The molecule has 0 radical (unpaired) electrons. The number of primary amides is 1. The minimum Gasteiger partial charge on any atom is -0.351 e. The maximum Gasteiger partial charge on any atom is 0.326 e. The van der Waals surface area contributed by atoms with Crippen LogP contribution in [0.4, 0.5) is 10.5 Å². The third-order valence-electron chi connectivity index (χ3n) is 2.37. The van der Waals surface area contributed by atoms with E-state index < -0.39 is 11.9 Å². The Morgan fingerprint density at radius 3 is 2.17 bits per heavy atom. The number of nitrogens with zero attached hydrogens (tertiary/aromatic N) is 2. The standard InChI is InChI=1S/C13H11N3O2/c14-13(18)16(11-6-8-15-9-7-11)12(17)10-4-2-1-3-5-10/h1-9H,(H2,14,18). The Labute approximate surface area is 104 Å². The van der Waals surface area contributed by atoms with Gasteiger partial charge in [0.25, 0.3) is 5.91 Å².